The van der Waals surface area contributed by atoms with E-state index in [-0.39, 0.29) is 49.3 Å². The van der Waals surface area contributed by atoms with Crippen LogP contribution in [0.2, 0.25) is 0 Å². The van der Waals surface area contributed by atoms with E-state index in [4.69, 9.17) is 4.74 Å². The maximum absolute atomic E-state index is 13.4. The summed E-state index contributed by atoms with van der Waals surface area (Å²) in [6.45, 7) is 4.34. The van der Waals surface area contributed by atoms with Crippen molar-refractivity contribution in [3.05, 3.63) is 65.5 Å². The van der Waals surface area contributed by atoms with Crippen LogP contribution in [0.1, 0.15) is 42.6 Å². The molecule has 37 heavy (non-hydrogen) atoms. The number of halogens is 1. The van der Waals surface area contributed by atoms with E-state index in [0.29, 0.717) is 24.2 Å². The number of ether oxygens (including phenoxy) is 1. The highest BCUT2D eigenvalue weighted by atomic mass is 19.1. The molecule has 0 radical (unpaired) electrons. The zero-order valence-corrected chi connectivity index (χ0v) is 21.0. The molecule has 10 heteroatoms. The number of benzene rings is 2. The van der Waals surface area contributed by atoms with Gasteiger partial charge in [0.25, 0.3) is 5.91 Å². The van der Waals surface area contributed by atoms with Crippen LogP contribution in [0.4, 0.5) is 4.39 Å². The molecular weight excluding hydrogens is 479 g/mol. The molecule has 0 fully saturated rings. The van der Waals surface area contributed by atoms with E-state index in [0.717, 1.165) is 0 Å². The van der Waals surface area contributed by atoms with Gasteiger partial charge in [0.05, 0.1) is 18.5 Å². The Morgan fingerprint density at radius 3 is 2.65 bits per heavy atom. The number of rotatable bonds is 6. The van der Waals surface area contributed by atoms with Crippen molar-refractivity contribution in [2.45, 2.75) is 45.2 Å². The van der Waals surface area contributed by atoms with Gasteiger partial charge >= 0.3 is 0 Å². The van der Waals surface area contributed by atoms with Crippen molar-refractivity contribution >= 4 is 23.6 Å². The monoisotopic (exact) mass is 512 g/mol. The van der Waals surface area contributed by atoms with Crippen LogP contribution in [0.5, 0.6) is 5.75 Å². The molecule has 3 rings (SSSR count). The summed E-state index contributed by atoms with van der Waals surface area (Å²) < 4.78 is 19.2. The molecule has 0 bridgehead atoms. The Morgan fingerprint density at radius 1 is 1.11 bits per heavy atom. The first-order chi connectivity index (χ1) is 17.7. The summed E-state index contributed by atoms with van der Waals surface area (Å²) in [6, 6.07) is 10.5. The lowest BCUT2D eigenvalue weighted by Gasteiger charge is -2.24. The lowest BCUT2D eigenvalue weighted by molar-refractivity contribution is -0.131. The molecule has 1 aliphatic rings. The summed E-state index contributed by atoms with van der Waals surface area (Å²) in [5.41, 5.74) is 0.892. The standard InChI is InChI=1S/C27H33FN4O5/c1-17(2)14-21-26(35)30-12-13-37-23-9-4-3-8-20(23)25(34)32-22(16-24(33)31-21)27(36)29-11-10-18-6-5-7-19(28)15-18/h3-9,15,17,21-22H,10-14,16H2,1-2H3,(H,29,36)(H,30,35)(H,31,33)(H,32,34)/t21-,22-/m0/s1. The van der Waals surface area contributed by atoms with Crippen LogP contribution in [0.25, 0.3) is 0 Å². The summed E-state index contributed by atoms with van der Waals surface area (Å²) in [5.74, 6) is -2.01. The van der Waals surface area contributed by atoms with E-state index < -0.39 is 29.8 Å². The number of carbonyl (C=O) groups is 4. The largest absolute Gasteiger partial charge is 0.491 e. The number of amides is 4. The molecule has 0 saturated heterocycles. The SMILES string of the molecule is CC(C)C[C@@H]1NC(=O)C[C@@H](C(=O)NCCc2cccc(F)c2)NC(=O)c2ccccc2OCCNC1=O. The lowest BCUT2D eigenvalue weighted by Crippen LogP contribution is -2.53. The second-order valence-corrected chi connectivity index (χ2v) is 9.29. The first-order valence-corrected chi connectivity index (χ1v) is 12.3. The van der Waals surface area contributed by atoms with Gasteiger partial charge in [0, 0.05) is 6.54 Å². The molecule has 0 aromatic heterocycles. The summed E-state index contributed by atoms with van der Waals surface area (Å²) in [6.07, 6.45) is 0.393. The van der Waals surface area contributed by atoms with E-state index in [1.54, 1.807) is 36.4 Å². The van der Waals surface area contributed by atoms with Gasteiger partial charge in [0.1, 0.15) is 30.3 Å². The number of hydrogen-bond donors (Lipinski definition) is 4. The van der Waals surface area contributed by atoms with Crippen molar-refractivity contribution in [3.63, 3.8) is 0 Å². The first kappa shape index (κ1) is 27.6. The van der Waals surface area contributed by atoms with Gasteiger partial charge in [-0.05, 0) is 48.6 Å². The molecule has 4 N–H and O–H groups in total. The average Bonchev–Trinajstić information content (AvgIpc) is 2.85. The molecule has 2 aromatic carbocycles. The minimum absolute atomic E-state index is 0.113. The van der Waals surface area contributed by atoms with Crippen LogP contribution in [0.3, 0.4) is 0 Å². The highest BCUT2D eigenvalue weighted by Gasteiger charge is 2.28. The molecule has 0 unspecified atom stereocenters. The topological polar surface area (TPSA) is 126 Å². The molecular formula is C27H33FN4O5. The summed E-state index contributed by atoms with van der Waals surface area (Å²) in [5, 5.41) is 10.8. The second kappa shape index (κ2) is 13.4. The third-order valence-electron chi connectivity index (χ3n) is 5.76. The maximum atomic E-state index is 13.4. The molecule has 0 aliphatic carbocycles. The minimum atomic E-state index is -1.21. The van der Waals surface area contributed by atoms with Crippen LogP contribution in [0.15, 0.2) is 48.5 Å². The van der Waals surface area contributed by atoms with Crippen molar-refractivity contribution in [1.82, 2.24) is 21.3 Å². The molecule has 9 nitrogen and oxygen atoms in total. The van der Waals surface area contributed by atoms with Gasteiger partial charge in [0.2, 0.25) is 17.7 Å². The summed E-state index contributed by atoms with van der Waals surface area (Å²) in [7, 11) is 0. The fourth-order valence-electron chi connectivity index (χ4n) is 3.97. The molecule has 0 saturated carbocycles. The molecule has 4 amide bonds. The summed E-state index contributed by atoms with van der Waals surface area (Å²) >= 11 is 0. The number of nitrogens with one attached hydrogen (secondary N) is 4. The van der Waals surface area contributed by atoms with Crippen molar-refractivity contribution < 1.29 is 28.3 Å². The van der Waals surface area contributed by atoms with E-state index in [2.05, 4.69) is 21.3 Å². The highest BCUT2D eigenvalue weighted by Crippen LogP contribution is 2.18. The van der Waals surface area contributed by atoms with Gasteiger partial charge in [-0.25, -0.2) is 4.39 Å². The summed E-state index contributed by atoms with van der Waals surface area (Å²) in [4.78, 5) is 51.7. The second-order valence-electron chi connectivity index (χ2n) is 9.29. The fourth-order valence-corrected chi connectivity index (χ4v) is 3.97. The Morgan fingerprint density at radius 2 is 1.89 bits per heavy atom. The Labute approximate surface area is 215 Å². The number of fused-ring (bicyclic) bond motifs is 1. The number of carbonyl (C=O) groups excluding carboxylic acids is 4. The molecule has 1 heterocycles. The molecule has 198 valence electrons. The van der Waals surface area contributed by atoms with E-state index >= 15 is 0 Å². The Balaban J connectivity index is 1.79. The molecule has 1 aliphatic heterocycles. The molecule has 2 atom stereocenters. The van der Waals surface area contributed by atoms with E-state index in [9.17, 15) is 23.6 Å². The Hall–Kier alpha value is -3.95. The van der Waals surface area contributed by atoms with Crippen LogP contribution in [-0.2, 0) is 20.8 Å². The minimum Gasteiger partial charge on any atom is -0.491 e. The fraction of sp³-hybridized carbons (Fsp3) is 0.407. The van der Waals surface area contributed by atoms with Gasteiger partial charge in [-0.15, -0.1) is 0 Å². The third-order valence-corrected chi connectivity index (χ3v) is 5.76. The van der Waals surface area contributed by atoms with Gasteiger partial charge in [-0.1, -0.05) is 38.1 Å². The molecule has 2 aromatic rings. The molecule has 0 spiro atoms. The van der Waals surface area contributed by atoms with Crippen molar-refractivity contribution in [2.24, 2.45) is 5.92 Å². The Bertz CT molecular complexity index is 1120. The normalized spacial score (nSPS) is 19.0. The smallest absolute Gasteiger partial charge is 0.255 e. The third kappa shape index (κ3) is 8.59. The predicted octanol–water partition coefficient (Wildman–Crippen LogP) is 1.71. The van der Waals surface area contributed by atoms with Crippen molar-refractivity contribution in [1.29, 1.82) is 0 Å². The van der Waals surface area contributed by atoms with Crippen molar-refractivity contribution in [2.75, 3.05) is 19.7 Å². The van der Waals surface area contributed by atoms with Gasteiger partial charge in [0.15, 0.2) is 0 Å². The highest BCUT2D eigenvalue weighted by molar-refractivity contribution is 6.01. The predicted molar refractivity (Wildman–Crippen MR) is 135 cm³/mol. The quantitative estimate of drug-likeness (QED) is 0.469. The zero-order chi connectivity index (χ0) is 26.8. The van der Waals surface area contributed by atoms with Crippen LogP contribution < -0.4 is 26.0 Å². The van der Waals surface area contributed by atoms with Crippen LogP contribution in [0, 0.1) is 11.7 Å². The van der Waals surface area contributed by atoms with E-state index in [1.807, 2.05) is 13.8 Å². The Kier molecular flexibility index (Phi) is 10.00. The number of hydrogen-bond acceptors (Lipinski definition) is 5. The van der Waals surface area contributed by atoms with Gasteiger partial charge < -0.3 is 26.0 Å². The first-order valence-electron chi connectivity index (χ1n) is 12.3. The maximum Gasteiger partial charge on any atom is 0.255 e. The average molecular weight is 513 g/mol. The number of para-hydroxylation sites is 1. The van der Waals surface area contributed by atoms with E-state index in [1.165, 1.54) is 12.1 Å². The lowest BCUT2D eigenvalue weighted by atomic mass is 10.0. The van der Waals surface area contributed by atoms with Crippen LogP contribution >= 0.6 is 0 Å². The zero-order valence-electron chi connectivity index (χ0n) is 21.0. The van der Waals surface area contributed by atoms with Crippen molar-refractivity contribution in [3.8, 4) is 5.75 Å². The van der Waals surface area contributed by atoms with Crippen LogP contribution in [-0.4, -0.2) is 55.4 Å². The van der Waals surface area contributed by atoms with Gasteiger partial charge in [-0.3, -0.25) is 19.2 Å². The van der Waals surface area contributed by atoms with Gasteiger partial charge in [-0.2, -0.15) is 0 Å².